The average Bonchev–Trinajstić information content (AvgIpc) is 2.54. The third-order valence-electron chi connectivity index (χ3n) is 3.71. The number of ether oxygens (including phenoxy) is 1. The van der Waals surface area contributed by atoms with Gasteiger partial charge in [-0.3, -0.25) is 4.79 Å². The van der Waals surface area contributed by atoms with Crippen molar-refractivity contribution in [2.24, 2.45) is 11.7 Å². The Hall–Kier alpha value is -2.04. The Bertz CT molecular complexity index is 615. The van der Waals surface area contributed by atoms with Gasteiger partial charge in [0, 0.05) is 18.8 Å². The first-order chi connectivity index (χ1) is 10.5. The van der Waals surface area contributed by atoms with Gasteiger partial charge in [0.25, 0.3) is 0 Å². The molecule has 0 saturated carbocycles. The molecule has 2 unspecified atom stereocenters. The monoisotopic (exact) mass is 334 g/mol. The van der Waals surface area contributed by atoms with E-state index in [1.54, 1.807) is 11.9 Å². The summed E-state index contributed by atoms with van der Waals surface area (Å²) in [6.45, 7) is 3.68. The number of carbonyl (C=O) groups excluding carboxylic acids is 1. The summed E-state index contributed by atoms with van der Waals surface area (Å²) in [5.41, 5.74) is 6.61. The molecule has 2 aromatic carbocycles. The SMILES string of the molecule is CC(N)C(C)C(=O)N(C)c1ccc(Oc2ccccc2)cc1.Cl. The minimum absolute atomic E-state index is 0. The molecule has 0 spiro atoms. The number of carbonyl (C=O) groups is 1. The van der Waals surface area contributed by atoms with Crippen LogP contribution in [0.15, 0.2) is 54.6 Å². The first kappa shape index (κ1) is 19.0. The van der Waals surface area contributed by atoms with Gasteiger partial charge in [0.2, 0.25) is 5.91 Å². The molecule has 0 aliphatic carbocycles. The second-order valence-electron chi connectivity index (χ2n) is 5.45. The number of para-hydroxylation sites is 1. The summed E-state index contributed by atoms with van der Waals surface area (Å²) < 4.78 is 5.74. The van der Waals surface area contributed by atoms with Crippen LogP contribution in [-0.2, 0) is 4.79 Å². The third-order valence-corrected chi connectivity index (χ3v) is 3.71. The number of nitrogens with zero attached hydrogens (tertiary/aromatic N) is 1. The number of rotatable bonds is 5. The number of hydrogen-bond acceptors (Lipinski definition) is 3. The fourth-order valence-corrected chi connectivity index (χ4v) is 2.02. The van der Waals surface area contributed by atoms with Crippen molar-refractivity contribution >= 4 is 24.0 Å². The molecular formula is C18H23ClN2O2. The van der Waals surface area contributed by atoms with E-state index in [-0.39, 0.29) is 30.3 Å². The van der Waals surface area contributed by atoms with Crippen molar-refractivity contribution in [3.63, 3.8) is 0 Å². The summed E-state index contributed by atoms with van der Waals surface area (Å²) in [7, 11) is 1.76. The van der Waals surface area contributed by atoms with Crippen molar-refractivity contribution in [1.29, 1.82) is 0 Å². The Morgan fingerprint density at radius 2 is 1.52 bits per heavy atom. The summed E-state index contributed by atoms with van der Waals surface area (Å²) in [6, 6.07) is 16.8. The fraction of sp³-hybridized carbons (Fsp3) is 0.278. The fourth-order valence-electron chi connectivity index (χ4n) is 2.02. The van der Waals surface area contributed by atoms with Crippen molar-refractivity contribution in [2.75, 3.05) is 11.9 Å². The van der Waals surface area contributed by atoms with Gasteiger partial charge in [-0.1, -0.05) is 25.1 Å². The van der Waals surface area contributed by atoms with Crippen LogP contribution in [0.3, 0.4) is 0 Å². The van der Waals surface area contributed by atoms with Crippen molar-refractivity contribution < 1.29 is 9.53 Å². The molecule has 2 rings (SSSR count). The summed E-state index contributed by atoms with van der Waals surface area (Å²) in [4.78, 5) is 13.9. The van der Waals surface area contributed by atoms with Gasteiger partial charge in [-0.15, -0.1) is 12.4 Å². The molecule has 0 aliphatic heterocycles. The molecule has 0 bridgehead atoms. The molecule has 5 heteroatoms. The highest BCUT2D eigenvalue weighted by atomic mass is 35.5. The summed E-state index contributed by atoms with van der Waals surface area (Å²) >= 11 is 0. The topological polar surface area (TPSA) is 55.6 Å². The maximum atomic E-state index is 12.3. The van der Waals surface area contributed by atoms with Crippen molar-refractivity contribution in [3.05, 3.63) is 54.6 Å². The average molecular weight is 335 g/mol. The Kier molecular flexibility index (Phi) is 7.07. The van der Waals surface area contributed by atoms with Crippen LogP contribution in [0.4, 0.5) is 5.69 Å². The van der Waals surface area contributed by atoms with E-state index in [9.17, 15) is 4.79 Å². The van der Waals surface area contributed by atoms with E-state index in [4.69, 9.17) is 10.5 Å². The highest BCUT2D eigenvalue weighted by molar-refractivity contribution is 5.94. The molecule has 0 aliphatic rings. The molecule has 23 heavy (non-hydrogen) atoms. The molecule has 0 saturated heterocycles. The predicted octanol–water partition coefficient (Wildman–Crippen LogP) is 3.85. The highest BCUT2D eigenvalue weighted by Crippen LogP contribution is 2.24. The van der Waals surface area contributed by atoms with Gasteiger partial charge in [0.1, 0.15) is 11.5 Å². The van der Waals surface area contributed by atoms with E-state index in [2.05, 4.69) is 0 Å². The molecule has 0 heterocycles. The van der Waals surface area contributed by atoms with Crippen LogP contribution in [0.25, 0.3) is 0 Å². The molecular weight excluding hydrogens is 312 g/mol. The smallest absolute Gasteiger partial charge is 0.231 e. The number of anilines is 1. The molecule has 1 amide bonds. The van der Waals surface area contributed by atoms with E-state index >= 15 is 0 Å². The molecule has 2 N–H and O–H groups in total. The zero-order valence-electron chi connectivity index (χ0n) is 13.6. The van der Waals surface area contributed by atoms with E-state index < -0.39 is 0 Å². The Balaban J connectivity index is 0.00000264. The van der Waals surface area contributed by atoms with E-state index in [0.717, 1.165) is 17.2 Å². The Morgan fingerprint density at radius 3 is 2.04 bits per heavy atom. The standard InChI is InChI=1S/C18H22N2O2.ClH/c1-13(14(2)19)18(21)20(3)15-9-11-17(12-10-15)22-16-7-5-4-6-8-16;/h4-14H,19H2,1-3H3;1H. The number of nitrogens with two attached hydrogens (primary N) is 1. The number of hydrogen-bond donors (Lipinski definition) is 1. The van der Waals surface area contributed by atoms with Crippen LogP contribution in [0.1, 0.15) is 13.8 Å². The van der Waals surface area contributed by atoms with Crippen molar-refractivity contribution in [1.82, 2.24) is 0 Å². The minimum atomic E-state index is -0.217. The normalized spacial score (nSPS) is 12.7. The zero-order valence-corrected chi connectivity index (χ0v) is 14.4. The Labute approximate surface area is 143 Å². The first-order valence-corrected chi connectivity index (χ1v) is 7.35. The van der Waals surface area contributed by atoms with Crippen molar-refractivity contribution in [2.45, 2.75) is 19.9 Å². The minimum Gasteiger partial charge on any atom is -0.457 e. The van der Waals surface area contributed by atoms with Crippen LogP contribution in [0.2, 0.25) is 0 Å². The van der Waals surface area contributed by atoms with Crippen molar-refractivity contribution in [3.8, 4) is 11.5 Å². The van der Waals surface area contributed by atoms with E-state index in [1.165, 1.54) is 0 Å². The maximum absolute atomic E-state index is 12.3. The lowest BCUT2D eigenvalue weighted by Gasteiger charge is -2.23. The van der Waals surface area contributed by atoms with Gasteiger partial charge in [0.15, 0.2) is 0 Å². The summed E-state index contributed by atoms with van der Waals surface area (Å²) in [5, 5.41) is 0. The molecule has 0 radical (unpaired) electrons. The summed E-state index contributed by atoms with van der Waals surface area (Å²) in [6.07, 6.45) is 0. The van der Waals surface area contributed by atoms with Gasteiger partial charge in [-0.25, -0.2) is 0 Å². The quantitative estimate of drug-likeness (QED) is 0.903. The molecule has 124 valence electrons. The predicted molar refractivity (Wildman–Crippen MR) is 96.4 cm³/mol. The highest BCUT2D eigenvalue weighted by Gasteiger charge is 2.21. The zero-order chi connectivity index (χ0) is 16.1. The molecule has 2 aromatic rings. The van der Waals surface area contributed by atoms with E-state index in [0.29, 0.717) is 0 Å². The number of amides is 1. The number of benzene rings is 2. The molecule has 0 aromatic heterocycles. The second kappa shape index (κ2) is 8.56. The van der Waals surface area contributed by atoms with Gasteiger partial charge < -0.3 is 15.4 Å². The molecule has 2 atom stereocenters. The van der Waals surface area contributed by atoms with Gasteiger partial charge in [-0.2, -0.15) is 0 Å². The first-order valence-electron chi connectivity index (χ1n) is 7.35. The second-order valence-corrected chi connectivity index (χ2v) is 5.45. The van der Waals surface area contributed by atoms with Crippen LogP contribution < -0.4 is 15.4 Å². The lowest BCUT2D eigenvalue weighted by Crippen LogP contribution is -2.39. The van der Waals surface area contributed by atoms with E-state index in [1.807, 2.05) is 68.4 Å². The van der Waals surface area contributed by atoms with Crippen LogP contribution in [0, 0.1) is 5.92 Å². The van der Waals surface area contributed by atoms with Crippen LogP contribution >= 0.6 is 12.4 Å². The van der Waals surface area contributed by atoms with Gasteiger partial charge in [0.05, 0.1) is 5.92 Å². The number of halogens is 1. The van der Waals surface area contributed by atoms with Gasteiger partial charge in [-0.05, 0) is 43.3 Å². The summed E-state index contributed by atoms with van der Waals surface area (Å²) in [5.74, 6) is 1.30. The maximum Gasteiger partial charge on any atom is 0.231 e. The molecule has 4 nitrogen and oxygen atoms in total. The van der Waals surface area contributed by atoms with Gasteiger partial charge >= 0.3 is 0 Å². The lowest BCUT2D eigenvalue weighted by atomic mass is 10.0. The molecule has 0 fully saturated rings. The largest absolute Gasteiger partial charge is 0.457 e. The Morgan fingerprint density at radius 1 is 1.00 bits per heavy atom. The third kappa shape index (κ3) is 4.98. The van der Waals surface area contributed by atoms with Crippen LogP contribution in [0.5, 0.6) is 11.5 Å². The van der Waals surface area contributed by atoms with Crippen LogP contribution in [-0.4, -0.2) is 19.0 Å². The lowest BCUT2D eigenvalue weighted by molar-refractivity contribution is -0.122.